The van der Waals surface area contributed by atoms with Gasteiger partial charge in [0.05, 0.1) is 22.2 Å². The van der Waals surface area contributed by atoms with Gasteiger partial charge in [0.15, 0.2) is 6.61 Å². The number of nitrogens with one attached hydrogen (secondary N) is 2. The molecule has 3 amide bonds. The van der Waals surface area contributed by atoms with E-state index >= 15 is 0 Å². The van der Waals surface area contributed by atoms with Crippen LogP contribution in [0.15, 0.2) is 94.7 Å². The van der Waals surface area contributed by atoms with Gasteiger partial charge in [-0.05, 0) is 53.2 Å². The first-order valence-electron chi connectivity index (χ1n) is 14.1. The summed E-state index contributed by atoms with van der Waals surface area (Å²) in [5.74, 6) is -4.24. The number of anilines is 2. The molecular formula is C33H21ClF3N3O5S2. The number of para-hydroxylation sites is 1. The highest BCUT2D eigenvalue weighted by atomic mass is 35.5. The highest BCUT2D eigenvalue weighted by Gasteiger charge is 2.57. The minimum absolute atomic E-state index is 0.153. The van der Waals surface area contributed by atoms with E-state index in [2.05, 4.69) is 10.3 Å². The number of hydrogen-bond acceptors (Lipinski definition) is 7. The van der Waals surface area contributed by atoms with Gasteiger partial charge in [0.2, 0.25) is 11.8 Å². The Morgan fingerprint density at radius 1 is 0.936 bits per heavy atom. The number of fused-ring (bicyclic) bond motifs is 3. The Labute approximate surface area is 277 Å². The van der Waals surface area contributed by atoms with Crippen molar-refractivity contribution in [2.75, 3.05) is 16.8 Å². The molecule has 0 radical (unpaired) electrons. The Kier molecular flexibility index (Phi) is 7.85. The van der Waals surface area contributed by atoms with Crippen molar-refractivity contribution in [2.45, 2.75) is 22.4 Å². The number of amides is 3. The van der Waals surface area contributed by atoms with E-state index in [1.54, 1.807) is 6.07 Å². The third kappa shape index (κ3) is 5.68. The zero-order chi connectivity index (χ0) is 33.0. The zero-order valence-corrected chi connectivity index (χ0v) is 26.2. The van der Waals surface area contributed by atoms with Gasteiger partial charge in [0, 0.05) is 27.1 Å². The maximum atomic E-state index is 14.1. The van der Waals surface area contributed by atoms with Gasteiger partial charge in [0.1, 0.15) is 11.0 Å². The first-order valence-corrected chi connectivity index (χ1v) is 16.2. The first-order chi connectivity index (χ1) is 22.5. The molecule has 2 aliphatic heterocycles. The molecular weight excluding hydrogens is 675 g/mol. The van der Waals surface area contributed by atoms with E-state index in [-0.39, 0.29) is 10.8 Å². The van der Waals surface area contributed by atoms with Crippen LogP contribution in [0.4, 0.5) is 24.5 Å². The van der Waals surface area contributed by atoms with E-state index < -0.39 is 63.7 Å². The number of H-pyrrole nitrogens is 1. The van der Waals surface area contributed by atoms with E-state index in [1.165, 1.54) is 30.3 Å². The topological polar surface area (TPSA) is 109 Å². The summed E-state index contributed by atoms with van der Waals surface area (Å²) >= 11 is 8.14. The van der Waals surface area contributed by atoms with Gasteiger partial charge in [-0.1, -0.05) is 77.2 Å². The lowest BCUT2D eigenvalue weighted by Crippen LogP contribution is -2.33. The Bertz CT molecular complexity index is 2150. The molecule has 3 heterocycles. The zero-order valence-electron chi connectivity index (χ0n) is 23.8. The van der Waals surface area contributed by atoms with Crippen LogP contribution in [-0.4, -0.2) is 34.6 Å². The lowest BCUT2D eigenvalue weighted by molar-refractivity contribution is -0.137. The lowest BCUT2D eigenvalue weighted by atomic mass is 9.82. The maximum Gasteiger partial charge on any atom is 0.418 e. The number of thioether (sulfide) groups is 1. The lowest BCUT2D eigenvalue weighted by Gasteiger charge is -2.31. The minimum atomic E-state index is -4.83. The fourth-order valence-corrected chi connectivity index (χ4v) is 8.69. The van der Waals surface area contributed by atoms with Crippen molar-refractivity contribution in [3.63, 3.8) is 0 Å². The summed E-state index contributed by atoms with van der Waals surface area (Å²) in [6.07, 6.45) is -4.83. The molecule has 2 aliphatic rings. The van der Waals surface area contributed by atoms with Crippen molar-refractivity contribution < 1.29 is 32.3 Å². The number of nitrogens with zero attached hydrogens (tertiary/aromatic N) is 1. The SMILES string of the molecule is O=C(COc1ccc(Cl)cc1C1c2sc(=O)[nH]c2SC2C(=O)N(c3ccccc3C(F)(F)F)C(=O)C21)Nc1ccc2ccccc2c1. The average Bonchev–Trinajstić information content (AvgIpc) is 3.53. The predicted molar refractivity (Wildman–Crippen MR) is 173 cm³/mol. The van der Waals surface area contributed by atoms with Gasteiger partial charge in [-0.2, -0.15) is 13.2 Å². The number of hydrogen-bond donors (Lipinski definition) is 2. The van der Waals surface area contributed by atoms with Gasteiger partial charge in [-0.3, -0.25) is 19.2 Å². The maximum absolute atomic E-state index is 14.1. The van der Waals surface area contributed by atoms with Crippen LogP contribution in [0.2, 0.25) is 5.02 Å². The van der Waals surface area contributed by atoms with Gasteiger partial charge in [-0.15, -0.1) is 0 Å². The molecule has 0 spiro atoms. The van der Waals surface area contributed by atoms with Crippen molar-refractivity contribution in [3.05, 3.63) is 116 Å². The molecule has 1 saturated heterocycles. The van der Waals surface area contributed by atoms with Crippen LogP contribution in [0.3, 0.4) is 0 Å². The number of halogens is 4. The van der Waals surface area contributed by atoms with Crippen molar-refractivity contribution in [1.29, 1.82) is 0 Å². The summed E-state index contributed by atoms with van der Waals surface area (Å²) in [6.45, 7) is -0.439. The Morgan fingerprint density at radius 2 is 1.68 bits per heavy atom. The van der Waals surface area contributed by atoms with Gasteiger partial charge < -0.3 is 15.0 Å². The molecule has 2 N–H and O–H groups in total. The predicted octanol–water partition coefficient (Wildman–Crippen LogP) is 7.08. The fraction of sp³-hybridized carbons (Fsp3) is 0.152. The number of thiazole rings is 1. The summed E-state index contributed by atoms with van der Waals surface area (Å²) in [7, 11) is 0. The average molecular weight is 696 g/mol. The van der Waals surface area contributed by atoms with Crippen LogP contribution in [0.1, 0.15) is 21.9 Å². The molecule has 0 saturated carbocycles. The fourth-order valence-electron chi connectivity index (χ4n) is 6.00. The monoisotopic (exact) mass is 695 g/mol. The normalized spacial score (nSPS) is 19.1. The Hall–Kier alpha value is -4.59. The van der Waals surface area contributed by atoms with E-state index in [9.17, 15) is 32.3 Å². The number of aromatic amines is 1. The van der Waals surface area contributed by atoms with Crippen LogP contribution in [0.25, 0.3) is 10.8 Å². The molecule has 238 valence electrons. The van der Waals surface area contributed by atoms with Crippen LogP contribution < -0.4 is 19.8 Å². The third-order valence-electron chi connectivity index (χ3n) is 7.97. The number of alkyl halides is 3. The molecule has 0 bridgehead atoms. The molecule has 5 aromatic rings. The van der Waals surface area contributed by atoms with Crippen LogP contribution in [0, 0.1) is 5.92 Å². The van der Waals surface area contributed by atoms with Crippen LogP contribution in [0.5, 0.6) is 5.75 Å². The number of benzene rings is 4. The molecule has 3 atom stereocenters. The number of imide groups is 1. The summed E-state index contributed by atoms with van der Waals surface area (Å²) in [4.78, 5) is 56.6. The van der Waals surface area contributed by atoms with E-state index in [4.69, 9.17) is 16.3 Å². The van der Waals surface area contributed by atoms with E-state index in [1.807, 2.05) is 36.4 Å². The molecule has 14 heteroatoms. The Balaban J connectivity index is 1.23. The molecule has 0 aliphatic carbocycles. The molecule has 7 rings (SSSR count). The van der Waals surface area contributed by atoms with Crippen molar-refractivity contribution >= 4 is 74.6 Å². The molecule has 3 unspecified atom stereocenters. The molecule has 4 aromatic carbocycles. The minimum Gasteiger partial charge on any atom is -0.483 e. The van der Waals surface area contributed by atoms with Crippen molar-refractivity contribution in [2.24, 2.45) is 5.92 Å². The second-order valence-electron chi connectivity index (χ2n) is 10.9. The van der Waals surface area contributed by atoms with E-state index in [0.29, 0.717) is 26.1 Å². The molecule has 8 nitrogen and oxygen atoms in total. The van der Waals surface area contributed by atoms with Crippen molar-refractivity contribution in [3.8, 4) is 5.75 Å². The smallest absolute Gasteiger partial charge is 0.418 e. The van der Waals surface area contributed by atoms with E-state index in [0.717, 1.165) is 46.0 Å². The number of aromatic nitrogens is 1. The number of ether oxygens (including phenoxy) is 1. The number of rotatable bonds is 6. The first kappa shape index (κ1) is 31.0. The summed E-state index contributed by atoms with van der Waals surface area (Å²) < 4.78 is 47.9. The second-order valence-corrected chi connectivity index (χ2v) is 13.5. The standard InChI is InChI=1S/C33H21ClF3N3O5S2/c34-18-10-12-23(45-15-24(41)38-19-11-9-16-5-1-2-6-17(16)13-19)20(14-18)25-26-28(46-29-27(25)47-32(44)39-29)31(43)40(30(26)42)22-8-4-3-7-21(22)33(35,36)37/h1-14,25-26,28H,15H2,(H,38,41)(H,39,44). The quantitative estimate of drug-likeness (QED) is 0.184. The number of carbonyl (C=O) groups is 3. The summed E-state index contributed by atoms with van der Waals surface area (Å²) in [6, 6.07) is 22.0. The van der Waals surface area contributed by atoms with Gasteiger partial charge in [0.25, 0.3) is 5.91 Å². The largest absolute Gasteiger partial charge is 0.483 e. The summed E-state index contributed by atoms with van der Waals surface area (Å²) in [5, 5.41) is 4.12. The second kappa shape index (κ2) is 11.9. The third-order valence-corrected chi connectivity index (χ3v) is 10.6. The van der Waals surface area contributed by atoms with Crippen molar-refractivity contribution in [1.82, 2.24) is 4.98 Å². The van der Waals surface area contributed by atoms with Gasteiger partial charge >= 0.3 is 11.0 Å². The van der Waals surface area contributed by atoms with Crippen LogP contribution >= 0.6 is 34.7 Å². The molecule has 1 aromatic heterocycles. The molecule has 47 heavy (non-hydrogen) atoms. The van der Waals surface area contributed by atoms with Crippen LogP contribution in [-0.2, 0) is 20.6 Å². The summed E-state index contributed by atoms with van der Waals surface area (Å²) in [5.41, 5.74) is -0.852. The Morgan fingerprint density at radius 3 is 2.47 bits per heavy atom. The molecule has 1 fully saturated rings. The van der Waals surface area contributed by atoms with Gasteiger partial charge in [-0.25, -0.2) is 4.90 Å². The number of carbonyl (C=O) groups excluding carboxylic acids is 3. The highest BCUT2D eigenvalue weighted by Crippen LogP contribution is 2.55. The highest BCUT2D eigenvalue weighted by molar-refractivity contribution is 8.00.